The number of carbonyl (C=O) groups excluding carboxylic acids is 3. The third-order valence-electron chi connectivity index (χ3n) is 5.26. The van der Waals surface area contributed by atoms with Crippen LogP contribution >= 0.6 is 0 Å². The second kappa shape index (κ2) is 12.6. The molecule has 0 heterocycles. The highest BCUT2D eigenvalue weighted by molar-refractivity contribution is 5.93. The van der Waals surface area contributed by atoms with Crippen LogP contribution in [0.2, 0.25) is 0 Å². The van der Waals surface area contributed by atoms with Gasteiger partial charge in [0.2, 0.25) is 5.91 Å². The van der Waals surface area contributed by atoms with Crippen molar-refractivity contribution in [3.8, 4) is 12.5 Å². The molecule has 0 aliphatic carbocycles. The topological polar surface area (TPSA) is 87.7 Å². The van der Waals surface area contributed by atoms with Crippen LogP contribution < -0.4 is 10.6 Å². The van der Waals surface area contributed by atoms with Gasteiger partial charge in [0.15, 0.2) is 0 Å². The zero-order valence-electron chi connectivity index (χ0n) is 21.6. The molecule has 7 heteroatoms. The Morgan fingerprint density at radius 3 is 2.33 bits per heavy atom. The van der Waals surface area contributed by atoms with Crippen LogP contribution in [0.4, 0.5) is 4.79 Å². The van der Waals surface area contributed by atoms with Crippen molar-refractivity contribution in [3.05, 3.63) is 77.9 Å². The van der Waals surface area contributed by atoms with Crippen molar-refractivity contribution in [1.82, 2.24) is 15.5 Å². The van der Waals surface area contributed by atoms with E-state index in [0.29, 0.717) is 5.56 Å². The largest absolute Gasteiger partial charge is 0.444 e. The summed E-state index contributed by atoms with van der Waals surface area (Å²) in [5, 5.41) is 5.50. The zero-order chi connectivity index (χ0) is 26.9. The van der Waals surface area contributed by atoms with Gasteiger partial charge in [-0.15, -0.1) is 0 Å². The molecule has 0 saturated carbocycles. The molecule has 0 aromatic heterocycles. The van der Waals surface area contributed by atoms with Gasteiger partial charge in [0.1, 0.15) is 17.7 Å². The summed E-state index contributed by atoms with van der Waals surface area (Å²) in [5.74, 6) is -1.37. The third kappa shape index (κ3) is 8.02. The Morgan fingerprint density at radius 1 is 1.11 bits per heavy atom. The summed E-state index contributed by atoms with van der Waals surface area (Å²) in [7, 11) is 0. The molecule has 2 N–H and O–H groups in total. The van der Waals surface area contributed by atoms with E-state index in [1.807, 2.05) is 36.4 Å². The lowest BCUT2D eigenvalue weighted by molar-refractivity contribution is -0.139. The molecule has 2 atom stereocenters. The van der Waals surface area contributed by atoms with Gasteiger partial charge in [-0.25, -0.2) is 4.79 Å². The fourth-order valence-electron chi connectivity index (χ4n) is 3.52. The highest BCUT2D eigenvalue weighted by Crippen LogP contribution is 2.25. The number of carbonyl (C=O) groups is 3. The predicted octanol–water partition coefficient (Wildman–Crippen LogP) is 4.66. The van der Waals surface area contributed by atoms with E-state index >= 15 is 0 Å². The van der Waals surface area contributed by atoms with Gasteiger partial charge in [0.05, 0.1) is 0 Å². The summed E-state index contributed by atoms with van der Waals surface area (Å²) in [6.07, 6.45) is 6.71. The Kier molecular flexibility index (Phi) is 9.86. The summed E-state index contributed by atoms with van der Waals surface area (Å²) in [6.45, 7) is 12.8. The fourth-order valence-corrected chi connectivity index (χ4v) is 3.52. The van der Waals surface area contributed by atoms with Gasteiger partial charge in [-0.1, -0.05) is 81.5 Å². The number of ether oxygens (including phenoxy) is 1. The van der Waals surface area contributed by atoms with E-state index in [0.717, 1.165) is 16.0 Å². The molecule has 2 unspecified atom stereocenters. The first kappa shape index (κ1) is 28.2. The summed E-state index contributed by atoms with van der Waals surface area (Å²) < 4.78 is 5.33. The Hall–Kier alpha value is -4.05. The molecule has 0 fully saturated rings. The van der Waals surface area contributed by atoms with Crippen molar-refractivity contribution in [3.63, 3.8) is 0 Å². The minimum atomic E-state index is -1.13. The first-order valence-corrected chi connectivity index (χ1v) is 11.8. The van der Waals surface area contributed by atoms with E-state index in [-0.39, 0.29) is 12.5 Å². The van der Waals surface area contributed by atoms with E-state index in [4.69, 9.17) is 11.2 Å². The van der Waals surface area contributed by atoms with Crippen LogP contribution in [0.1, 0.15) is 57.4 Å². The molecule has 0 radical (unpaired) electrons. The van der Waals surface area contributed by atoms with Crippen molar-refractivity contribution in [2.24, 2.45) is 5.92 Å². The fraction of sp³-hybridized carbons (Fsp3) is 0.345. The van der Waals surface area contributed by atoms with Crippen molar-refractivity contribution in [2.45, 2.75) is 58.8 Å². The molecule has 190 valence electrons. The lowest BCUT2D eigenvalue weighted by atomic mass is 9.98. The SMILES string of the molecule is C#CN(C(=O)C(NC(=O)OC(C)(C)C)C(C)C)C(C(=O)NCc1ccccc1)c1cccc(C=C)c1. The molecular formula is C29H35N3O4. The van der Waals surface area contributed by atoms with E-state index in [9.17, 15) is 14.4 Å². The molecule has 2 aromatic rings. The Labute approximate surface area is 213 Å². The number of nitrogens with zero attached hydrogens (tertiary/aromatic N) is 1. The Balaban J connectivity index is 2.41. The van der Waals surface area contributed by atoms with Crippen LogP contribution in [0.5, 0.6) is 0 Å². The van der Waals surface area contributed by atoms with Crippen molar-refractivity contribution < 1.29 is 19.1 Å². The van der Waals surface area contributed by atoms with Gasteiger partial charge in [0, 0.05) is 12.6 Å². The molecule has 2 rings (SSSR count). The summed E-state index contributed by atoms with van der Waals surface area (Å²) in [4.78, 5) is 40.7. The first-order valence-electron chi connectivity index (χ1n) is 11.8. The highest BCUT2D eigenvalue weighted by atomic mass is 16.6. The summed E-state index contributed by atoms with van der Waals surface area (Å²) in [5.41, 5.74) is 1.44. The van der Waals surface area contributed by atoms with Crippen LogP contribution in [0, 0.1) is 18.4 Å². The zero-order valence-corrected chi connectivity index (χ0v) is 21.6. The number of rotatable bonds is 9. The lowest BCUT2D eigenvalue weighted by Crippen LogP contribution is -2.53. The van der Waals surface area contributed by atoms with Crippen molar-refractivity contribution in [1.29, 1.82) is 0 Å². The van der Waals surface area contributed by atoms with E-state index in [2.05, 4.69) is 23.3 Å². The van der Waals surface area contributed by atoms with Crippen molar-refractivity contribution >= 4 is 24.0 Å². The number of nitrogens with one attached hydrogen (secondary N) is 2. The molecule has 36 heavy (non-hydrogen) atoms. The van der Waals surface area contributed by atoms with Gasteiger partial charge < -0.3 is 15.4 Å². The normalized spacial score (nSPS) is 12.6. The maximum absolute atomic E-state index is 13.7. The molecule has 0 bridgehead atoms. The van der Waals surface area contributed by atoms with E-state index in [1.54, 1.807) is 58.9 Å². The molecular weight excluding hydrogens is 454 g/mol. The van der Waals surface area contributed by atoms with E-state index in [1.165, 1.54) is 0 Å². The number of alkyl carbamates (subject to hydrolysis) is 1. The van der Waals surface area contributed by atoms with Crippen LogP contribution in [0.25, 0.3) is 6.08 Å². The van der Waals surface area contributed by atoms with Crippen LogP contribution in [-0.2, 0) is 20.9 Å². The third-order valence-corrected chi connectivity index (χ3v) is 5.26. The average Bonchev–Trinajstić information content (AvgIpc) is 2.83. The van der Waals surface area contributed by atoms with Gasteiger partial charge in [0.25, 0.3) is 5.91 Å². The molecule has 0 saturated heterocycles. The van der Waals surface area contributed by atoms with Crippen molar-refractivity contribution in [2.75, 3.05) is 0 Å². The predicted molar refractivity (Wildman–Crippen MR) is 141 cm³/mol. The number of hydrogen-bond acceptors (Lipinski definition) is 4. The lowest BCUT2D eigenvalue weighted by Gasteiger charge is -2.32. The van der Waals surface area contributed by atoms with Gasteiger partial charge in [-0.3, -0.25) is 14.5 Å². The smallest absolute Gasteiger partial charge is 0.408 e. The second-order valence-corrected chi connectivity index (χ2v) is 9.69. The van der Waals surface area contributed by atoms with Gasteiger partial charge >= 0.3 is 6.09 Å². The number of amides is 3. The first-order chi connectivity index (χ1) is 17.0. The molecule has 7 nitrogen and oxygen atoms in total. The quantitative estimate of drug-likeness (QED) is 0.396. The standard InChI is InChI=1S/C29H35N3O4/c1-8-21-16-13-17-23(18-21)25(26(33)30-19-22-14-11-10-12-15-22)32(9-2)27(34)24(20(3)4)31-28(35)36-29(5,6)7/h2,8,10-18,20,24-25H,1,19H2,3-7H3,(H,30,33)(H,31,35). The van der Waals surface area contributed by atoms with Gasteiger partial charge in [-0.05, 0) is 49.4 Å². The summed E-state index contributed by atoms with van der Waals surface area (Å²) >= 11 is 0. The molecule has 0 aliphatic heterocycles. The molecule has 2 aromatic carbocycles. The number of benzene rings is 2. The second-order valence-electron chi connectivity index (χ2n) is 9.69. The average molecular weight is 490 g/mol. The van der Waals surface area contributed by atoms with Crippen LogP contribution in [-0.4, -0.2) is 34.5 Å². The molecule has 3 amide bonds. The maximum Gasteiger partial charge on any atom is 0.408 e. The maximum atomic E-state index is 13.7. The summed E-state index contributed by atoms with van der Waals surface area (Å²) in [6, 6.07) is 16.7. The minimum absolute atomic E-state index is 0.258. The molecule has 0 spiro atoms. The van der Waals surface area contributed by atoms with Crippen LogP contribution in [0.3, 0.4) is 0 Å². The number of terminal acetylenes is 1. The molecule has 0 aliphatic rings. The monoisotopic (exact) mass is 489 g/mol. The van der Waals surface area contributed by atoms with Gasteiger partial charge in [-0.2, -0.15) is 0 Å². The van der Waals surface area contributed by atoms with E-state index < -0.39 is 35.6 Å². The minimum Gasteiger partial charge on any atom is -0.444 e. The number of hydrogen-bond donors (Lipinski definition) is 2. The Morgan fingerprint density at radius 2 is 1.78 bits per heavy atom. The highest BCUT2D eigenvalue weighted by Gasteiger charge is 2.37. The Bertz CT molecular complexity index is 1110. The van der Waals surface area contributed by atoms with Crippen LogP contribution in [0.15, 0.2) is 61.2 Å².